The van der Waals surface area contributed by atoms with Crippen molar-refractivity contribution in [3.63, 3.8) is 0 Å². The molecule has 0 saturated heterocycles. The Morgan fingerprint density at radius 1 is 1.14 bits per heavy atom. The van der Waals surface area contributed by atoms with Gasteiger partial charge in [0, 0.05) is 16.7 Å². The van der Waals surface area contributed by atoms with E-state index >= 15 is 0 Å². The van der Waals surface area contributed by atoms with E-state index in [0.29, 0.717) is 11.4 Å². The van der Waals surface area contributed by atoms with Gasteiger partial charge in [0.15, 0.2) is 0 Å². The van der Waals surface area contributed by atoms with Crippen molar-refractivity contribution in [2.45, 2.75) is 33.1 Å². The predicted octanol–water partition coefficient (Wildman–Crippen LogP) is 4.23. The lowest BCUT2D eigenvalue weighted by Crippen LogP contribution is -2.15. The van der Waals surface area contributed by atoms with E-state index in [9.17, 15) is 5.26 Å². The summed E-state index contributed by atoms with van der Waals surface area (Å²) in [5.41, 5.74) is 10.2. The van der Waals surface area contributed by atoms with Gasteiger partial charge >= 0.3 is 0 Å². The number of anilines is 1. The van der Waals surface area contributed by atoms with E-state index in [4.69, 9.17) is 5.73 Å². The van der Waals surface area contributed by atoms with Crippen molar-refractivity contribution < 1.29 is 0 Å². The molecule has 0 saturated carbocycles. The van der Waals surface area contributed by atoms with Gasteiger partial charge in [0.05, 0.1) is 0 Å². The minimum absolute atomic E-state index is 0. The smallest absolute Gasteiger partial charge is 0.142 e. The molecular formula is C17H20ClN3. The van der Waals surface area contributed by atoms with E-state index in [-0.39, 0.29) is 17.8 Å². The quantitative estimate of drug-likeness (QED) is 0.857. The molecule has 0 aliphatic heterocycles. The third-order valence-electron chi connectivity index (χ3n) is 3.29. The highest BCUT2D eigenvalue weighted by atomic mass is 35.5. The lowest BCUT2D eigenvalue weighted by Gasteiger charge is -2.20. The standard InChI is InChI=1S/C17H19N3.ClH/c1-11-5-7-12(8-6-11)13-9-15(17(2,3)4)20-16(19)14(13)10-18;/h5-9H,1-4H3,(H2,19,20);1H. The Hall–Kier alpha value is -2.05. The average molecular weight is 302 g/mol. The Labute approximate surface area is 132 Å². The molecule has 1 aromatic heterocycles. The van der Waals surface area contributed by atoms with Gasteiger partial charge < -0.3 is 5.73 Å². The second kappa shape index (κ2) is 6.15. The first kappa shape index (κ1) is 17.0. The van der Waals surface area contributed by atoms with Crippen molar-refractivity contribution in [3.8, 4) is 17.2 Å². The van der Waals surface area contributed by atoms with Gasteiger partial charge in [-0.05, 0) is 18.6 Å². The van der Waals surface area contributed by atoms with Crippen LogP contribution >= 0.6 is 12.4 Å². The van der Waals surface area contributed by atoms with Gasteiger partial charge in [-0.15, -0.1) is 12.4 Å². The minimum Gasteiger partial charge on any atom is -0.383 e. The molecule has 21 heavy (non-hydrogen) atoms. The second-order valence-electron chi connectivity index (χ2n) is 6.04. The number of aromatic nitrogens is 1. The van der Waals surface area contributed by atoms with Crippen molar-refractivity contribution in [2.75, 3.05) is 5.73 Å². The molecule has 0 aliphatic carbocycles. The zero-order valence-electron chi connectivity index (χ0n) is 12.8. The minimum atomic E-state index is -0.110. The van der Waals surface area contributed by atoms with E-state index < -0.39 is 0 Å². The fraction of sp³-hybridized carbons (Fsp3) is 0.294. The van der Waals surface area contributed by atoms with Crippen LogP contribution in [0.5, 0.6) is 0 Å². The zero-order valence-corrected chi connectivity index (χ0v) is 13.6. The maximum absolute atomic E-state index is 9.34. The largest absolute Gasteiger partial charge is 0.383 e. The van der Waals surface area contributed by atoms with Crippen LogP contribution in [-0.4, -0.2) is 4.98 Å². The molecule has 1 heterocycles. The van der Waals surface area contributed by atoms with Crippen molar-refractivity contribution >= 4 is 18.2 Å². The molecule has 0 spiro atoms. The molecule has 2 aromatic rings. The van der Waals surface area contributed by atoms with Gasteiger partial charge in [0.1, 0.15) is 17.5 Å². The van der Waals surface area contributed by atoms with Crippen LogP contribution in [-0.2, 0) is 5.41 Å². The molecule has 3 nitrogen and oxygen atoms in total. The zero-order chi connectivity index (χ0) is 14.9. The van der Waals surface area contributed by atoms with Crippen LogP contribution in [0, 0.1) is 18.3 Å². The average Bonchev–Trinajstić information content (AvgIpc) is 2.37. The van der Waals surface area contributed by atoms with Gasteiger partial charge in [-0.3, -0.25) is 0 Å². The number of hydrogen-bond acceptors (Lipinski definition) is 3. The van der Waals surface area contributed by atoms with Gasteiger partial charge in [0.25, 0.3) is 0 Å². The SMILES string of the molecule is Cc1ccc(-c2cc(C(C)(C)C)nc(N)c2C#N)cc1.Cl. The molecule has 0 radical (unpaired) electrons. The summed E-state index contributed by atoms with van der Waals surface area (Å²) in [6.45, 7) is 8.29. The number of nitrogens with zero attached hydrogens (tertiary/aromatic N) is 2. The number of nitrogen functional groups attached to an aromatic ring is 1. The number of pyridine rings is 1. The molecule has 0 bridgehead atoms. The molecular weight excluding hydrogens is 282 g/mol. The topological polar surface area (TPSA) is 62.7 Å². The summed E-state index contributed by atoms with van der Waals surface area (Å²) in [4.78, 5) is 4.37. The maximum atomic E-state index is 9.34. The van der Waals surface area contributed by atoms with Crippen LogP contribution in [0.2, 0.25) is 0 Å². The van der Waals surface area contributed by atoms with E-state index in [0.717, 1.165) is 16.8 Å². The van der Waals surface area contributed by atoms with Gasteiger partial charge in [-0.25, -0.2) is 4.98 Å². The van der Waals surface area contributed by atoms with E-state index in [1.807, 2.05) is 37.3 Å². The highest BCUT2D eigenvalue weighted by molar-refractivity contribution is 5.85. The Bertz CT molecular complexity index is 677. The number of nitriles is 1. The molecule has 0 atom stereocenters. The first-order valence-corrected chi connectivity index (χ1v) is 6.61. The summed E-state index contributed by atoms with van der Waals surface area (Å²) in [6, 6.07) is 12.2. The molecule has 2 N–H and O–H groups in total. The van der Waals surface area contributed by atoms with Crippen molar-refractivity contribution in [1.82, 2.24) is 4.98 Å². The Morgan fingerprint density at radius 3 is 2.19 bits per heavy atom. The van der Waals surface area contributed by atoms with Gasteiger partial charge in [-0.2, -0.15) is 5.26 Å². The third-order valence-corrected chi connectivity index (χ3v) is 3.29. The fourth-order valence-corrected chi connectivity index (χ4v) is 2.03. The number of nitrogens with two attached hydrogens (primary N) is 1. The number of rotatable bonds is 1. The Balaban J connectivity index is 0.00000220. The molecule has 0 aliphatic rings. The van der Waals surface area contributed by atoms with E-state index in [1.165, 1.54) is 5.56 Å². The third kappa shape index (κ3) is 3.53. The lowest BCUT2D eigenvalue weighted by molar-refractivity contribution is 0.570. The molecule has 110 valence electrons. The number of halogens is 1. The second-order valence-corrected chi connectivity index (χ2v) is 6.04. The first-order chi connectivity index (χ1) is 9.32. The fourth-order valence-electron chi connectivity index (χ4n) is 2.03. The monoisotopic (exact) mass is 301 g/mol. The molecule has 2 rings (SSSR count). The van der Waals surface area contributed by atoms with Crippen LogP contribution in [0.15, 0.2) is 30.3 Å². The van der Waals surface area contributed by atoms with Crippen molar-refractivity contribution in [3.05, 3.63) is 47.2 Å². The van der Waals surface area contributed by atoms with Crippen LogP contribution in [0.3, 0.4) is 0 Å². The van der Waals surface area contributed by atoms with Crippen molar-refractivity contribution in [2.24, 2.45) is 0 Å². The lowest BCUT2D eigenvalue weighted by atomic mass is 9.88. The summed E-state index contributed by atoms with van der Waals surface area (Å²) < 4.78 is 0. The Kier molecular flexibility index (Phi) is 4.98. The summed E-state index contributed by atoms with van der Waals surface area (Å²) in [6.07, 6.45) is 0. The summed E-state index contributed by atoms with van der Waals surface area (Å²) in [5, 5.41) is 9.34. The van der Waals surface area contributed by atoms with E-state index in [2.05, 4.69) is 31.8 Å². The Morgan fingerprint density at radius 2 is 1.71 bits per heavy atom. The van der Waals surface area contributed by atoms with Crippen LogP contribution in [0.1, 0.15) is 37.6 Å². The summed E-state index contributed by atoms with van der Waals surface area (Å²) >= 11 is 0. The summed E-state index contributed by atoms with van der Waals surface area (Å²) in [7, 11) is 0. The van der Waals surface area contributed by atoms with Crippen LogP contribution in [0.4, 0.5) is 5.82 Å². The molecule has 0 amide bonds. The molecule has 0 fully saturated rings. The van der Waals surface area contributed by atoms with Crippen LogP contribution in [0.25, 0.3) is 11.1 Å². The number of benzene rings is 1. The molecule has 0 unspecified atom stereocenters. The maximum Gasteiger partial charge on any atom is 0.142 e. The first-order valence-electron chi connectivity index (χ1n) is 6.61. The number of aryl methyl sites for hydroxylation is 1. The van der Waals surface area contributed by atoms with Crippen molar-refractivity contribution in [1.29, 1.82) is 5.26 Å². The normalized spacial score (nSPS) is 10.6. The van der Waals surface area contributed by atoms with E-state index in [1.54, 1.807) is 0 Å². The van der Waals surface area contributed by atoms with Gasteiger partial charge in [0.2, 0.25) is 0 Å². The summed E-state index contributed by atoms with van der Waals surface area (Å²) in [5.74, 6) is 0.301. The molecule has 4 heteroatoms. The van der Waals surface area contributed by atoms with Gasteiger partial charge in [-0.1, -0.05) is 50.6 Å². The molecule has 1 aromatic carbocycles. The van der Waals surface area contributed by atoms with Crippen LogP contribution < -0.4 is 5.73 Å². The highest BCUT2D eigenvalue weighted by Crippen LogP contribution is 2.31. The predicted molar refractivity (Wildman–Crippen MR) is 89.5 cm³/mol. The number of hydrogen-bond donors (Lipinski definition) is 1. The highest BCUT2D eigenvalue weighted by Gasteiger charge is 2.20.